The molecule has 0 spiro atoms. The maximum atomic E-state index is 9.94. The molecule has 3 aromatic rings. The van der Waals surface area contributed by atoms with E-state index in [1.54, 1.807) is 34.7 Å². The zero-order chi connectivity index (χ0) is 17.1. The number of fused-ring (bicyclic) bond motifs is 1. The summed E-state index contributed by atoms with van der Waals surface area (Å²) in [6, 6.07) is 11.3. The van der Waals surface area contributed by atoms with Gasteiger partial charge in [0.05, 0.1) is 30.7 Å². The second-order valence-electron chi connectivity index (χ2n) is 5.01. The smallest absolute Gasteiger partial charge is 0.206 e. The lowest BCUT2D eigenvalue weighted by Gasteiger charge is -2.10. The van der Waals surface area contributed by atoms with Crippen molar-refractivity contribution in [2.45, 2.75) is 0 Å². The summed E-state index contributed by atoms with van der Waals surface area (Å²) in [5.41, 5.74) is 1.70. The average Bonchev–Trinajstić information content (AvgIpc) is 3.04. The van der Waals surface area contributed by atoms with E-state index in [4.69, 9.17) is 9.47 Å². The number of benzene rings is 2. The second kappa shape index (κ2) is 6.76. The normalized spacial score (nSPS) is 11.1. The van der Waals surface area contributed by atoms with Gasteiger partial charge in [-0.3, -0.25) is 0 Å². The number of rotatable bonds is 5. The fraction of sp³-hybridized carbons (Fsp3) is 0.176. The Balaban J connectivity index is 1.87. The highest BCUT2D eigenvalue weighted by molar-refractivity contribution is 7.22. The van der Waals surface area contributed by atoms with Crippen molar-refractivity contribution < 1.29 is 14.6 Å². The number of thiazole rings is 1. The Hall–Kier alpha value is -2.80. The summed E-state index contributed by atoms with van der Waals surface area (Å²) in [5, 5.41) is 16.8. The first-order valence-corrected chi connectivity index (χ1v) is 8.02. The molecule has 6 nitrogen and oxygen atoms in total. The molecule has 0 aliphatic rings. The number of hydrogen-bond acceptors (Lipinski definition) is 7. The number of aromatic hydroxyl groups is 1. The van der Waals surface area contributed by atoms with Crippen molar-refractivity contribution in [3.63, 3.8) is 0 Å². The minimum absolute atomic E-state index is 0.0309. The lowest BCUT2D eigenvalue weighted by atomic mass is 10.2. The highest BCUT2D eigenvalue weighted by atomic mass is 32.1. The van der Waals surface area contributed by atoms with Gasteiger partial charge in [-0.05, 0) is 24.3 Å². The van der Waals surface area contributed by atoms with E-state index in [1.165, 1.54) is 14.2 Å². The molecule has 0 saturated heterocycles. The highest BCUT2D eigenvalue weighted by Gasteiger charge is 2.11. The summed E-state index contributed by atoms with van der Waals surface area (Å²) in [5.74, 6) is 0.633. The Morgan fingerprint density at radius 2 is 1.83 bits per heavy atom. The van der Waals surface area contributed by atoms with Gasteiger partial charge < -0.3 is 14.6 Å². The van der Waals surface area contributed by atoms with Gasteiger partial charge in [0.15, 0.2) is 11.5 Å². The SMILES string of the molecule is COc1cc(/C=N/N(C)c2nc3ccccc3s2)cc(OC)c1O. The van der Waals surface area contributed by atoms with Crippen LogP contribution in [0.4, 0.5) is 5.13 Å². The molecular weight excluding hydrogens is 326 g/mol. The summed E-state index contributed by atoms with van der Waals surface area (Å²) in [6.45, 7) is 0. The molecule has 0 fully saturated rings. The van der Waals surface area contributed by atoms with Crippen molar-refractivity contribution in [2.75, 3.05) is 26.3 Å². The number of phenolic OH excluding ortho intramolecular Hbond substituents is 1. The number of para-hydroxylation sites is 1. The molecule has 0 aliphatic heterocycles. The largest absolute Gasteiger partial charge is 0.502 e. The summed E-state index contributed by atoms with van der Waals surface area (Å²) < 4.78 is 11.4. The van der Waals surface area contributed by atoms with Crippen molar-refractivity contribution in [1.82, 2.24) is 4.98 Å². The Labute approximate surface area is 143 Å². The van der Waals surface area contributed by atoms with Gasteiger partial charge in [-0.25, -0.2) is 9.99 Å². The Morgan fingerprint density at radius 3 is 2.46 bits per heavy atom. The Bertz CT molecular complexity index is 834. The van der Waals surface area contributed by atoms with E-state index in [1.807, 2.05) is 31.3 Å². The Morgan fingerprint density at radius 1 is 1.17 bits per heavy atom. The van der Waals surface area contributed by atoms with Crippen LogP contribution in [0.5, 0.6) is 17.2 Å². The molecule has 0 bridgehead atoms. The van der Waals surface area contributed by atoms with E-state index < -0.39 is 0 Å². The van der Waals surface area contributed by atoms with Crippen molar-refractivity contribution >= 4 is 32.9 Å². The standard InChI is InChI=1S/C17H17N3O3S/c1-20(17-19-12-6-4-5-7-15(12)24-17)18-10-11-8-13(22-2)16(21)14(9-11)23-3/h4-10,21H,1-3H3/b18-10+. The predicted octanol–water partition coefficient (Wildman–Crippen LogP) is 3.49. The van der Waals surface area contributed by atoms with Crippen LogP contribution in [0, 0.1) is 0 Å². The predicted molar refractivity (Wildman–Crippen MR) is 96.8 cm³/mol. The number of hydrazone groups is 1. The second-order valence-corrected chi connectivity index (χ2v) is 6.02. The first-order chi connectivity index (χ1) is 11.6. The molecule has 3 rings (SSSR count). The van der Waals surface area contributed by atoms with Crippen LogP contribution in [-0.2, 0) is 0 Å². The molecule has 124 valence electrons. The lowest BCUT2D eigenvalue weighted by molar-refractivity contribution is 0.340. The van der Waals surface area contributed by atoms with Gasteiger partial charge in [0.25, 0.3) is 0 Å². The molecule has 2 aromatic carbocycles. The third kappa shape index (κ3) is 3.11. The van der Waals surface area contributed by atoms with Crippen LogP contribution >= 0.6 is 11.3 Å². The molecule has 1 heterocycles. The minimum Gasteiger partial charge on any atom is -0.502 e. The molecule has 0 amide bonds. The van der Waals surface area contributed by atoms with Crippen LogP contribution in [0.15, 0.2) is 41.5 Å². The van der Waals surface area contributed by atoms with Crippen molar-refractivity contribution in [2.24, 2.45) is 5.10 Å². The van der Waals surface area contributed by atoms with E-state index in [0.29, 0.717) is 11.5 Å². The topological polar surface area (TPSA) is 67.2 Å². The molecule has 0 radical (unpaired) electrons. The van der Waals surface area contributed by atoms with Crippen LogP contribution in [-0.4, -0.2) is 37.6 Å². The van der Waals surface area contributed by atoms with Gasteiger partial charge in [-0.2, -0.15) is 5.10 Å². The lowest BCUT2D eigenvalue weighted by Crippen LogP contribution is -2.08. The highest BCUT2D eigenvalue weighted by Crippen LogP contribution is 2.36. The van der Waals surface area contributed by atoms with Crippen molar-refractivity contribution in [1.29, 1.82) is 0 Å². The molecule has 0 saturated carbocycles. The van der Waals surface area contributed by atoms with Gasteiger partial charge in [-0.1, -0.05) is 23.5 Å². The van der Waals surface area contributed by atoms with Gasteiger partial charge in [0.1, 0.15) is 0 Å². The monoisotopic (exact) mass is 343 g/mol. The maximum Gasteiger partial charge on any atom is 0.206 e. The quantitative estimate of drug-likeness (QED) is 0.567. The molecular formula is C17H17N3O3S. The fourth-order valence-electron chi connectivity index (χ4n) is 2.19. The number of ether oxygens (including phenoxy) is 2. The number of nitrogens with zero attached hydrogens (tertiary/aromatic N) is 3. The van der Waals surface area contributed by atoms with Crippen LogP contribution in [0.3, 0.4) is 0 Å². The van der Waals surface area contributed by atoms with Crippen LogP contribution in [0.1, 0.15) is 5.56 Å². The maximum absolute atomic E-state index is 9.94. The first kappa shape index (κ1) is 16.1. The third-order valence-corrected chi connectivity index (χ3v) is 4.54. The third-order valence-electron chi connectivity index (χ3n) is 3.44. The van der Waals surface area contributed by atoms with Gasteiger partial charge in [0.2, 0.25) is 10.9 Å². The zero-order valence-electron chi connectivity index (χ0n) is 13.6. The molecule has 24 heavy (non-hydrogen) atoms. The number of phenols is 1. The molecule has 1 aromatic heterocycles. The van der Waals surface area contributed by atoms with E-state index in [-0.39, 0.29) is 5.75 Å². The molecule has 0 atom stereocenters. The number of methoxy groups -OCH3 is 2. The van der Waals surface area contributed by atoms with E-state index in [0.717, 1.165) is 20.9 Å². The van der Waals surface area contributed by atoms with Gasteiger partial charge in [-0.15, -0.1) is 0 Å². The van der Waals surface area contributed by atoms with Crippen LogP contribution < -0.4 is 14.5 Å². The molecule has 7 heteroatoms. The van der Waals surface area contributed by atoms with E-state index in [2.05, 4.69) is 10.1 Å². The molecule has 0 aliphatic carbocycles. The van der Waals surface area contributed by atoms with E-state index in [9.17, 15) is 5.11 Å². The molecule has 0 unspecified atom stereocenters. The minimum atomic E-state index is -0.0309. The average molecular weight is 343 g/mol. The fourth-order valence-corrected chi connectivity index (χ4v) is 3.07. The summed E-state index contributed by atoms with van der Waals surface area (Å²) in [4.78, 5) is 4.55. The summed E-state index contributed by atoms with van der Waals surface area (Å²) >= 11 is 1.57. The summed E-state index contributed by atoms with van der Waals surface area (Å²) in [7, 11) is 4.81. The first-order valence-electron chi connectivity index (χ1n) is 7.20. The van der Waals surface area contributed by atoms with Crippen LogP contribution in [0.25, 0.3) is 10.2 Å². The molecule has 1 N–H and O–H groups in total. The van der Waals surface area contributed by atoms with E-state index >= 15 is 0 Å². The number of anilines is 1. The zero-order valence-corrected chi connectivity index (χ0v) is 14.4. The van der Waals surface area contributed by atoms with Gasteiger partial charge in [0, 0.05) is 12.6 Å². The Kier molecular flexibility index (Phi) is 4.52. The van der Waals surface area contributed by atoms with Gasteiger partial charge >= 0.3 is 0 Å². The number of hydrogen-bond donors (Lipinski definition) is 1. The van der Waals surface area contributed by atoms with Crippen molar-refractivity contribution in [3.8, 4) is 17.2 Å². The van der Waals surface area contributed by atoms with Crippen molar-refractivity contribution in [3.05, 3.63) is 42.0 Å². The summed E-state index contributed by atoms with van der Waals surface area (Å²) in [6.07, 6.45) is 1.66. The number of aromatic nitrogens is 1. The van der Waals surface area contributed by atoms with Crippen LogP contribution in [0.2, 0.25) is 0 Å².